The largest absolute Gasteiger partial charge is 0.384 e. The van der Waals surface area contributed by atoms with Crippen molar-refractivity contribution in [3.05, 3.63) is 48.2 Å². The van der Waals surface area contributed by atoms with E-state index in [9.17, 15) is 9.18 Å². The SMILES string of the molecule is CC(=O)N1CCn2nc(-c3ccc(F)cc3)c(-c3cc(N)ncn3)c2C1. The molecule has 1 aliphatic heterocycles. The van der Waals surface area contributed by atoms with Crippen LogP contribution in [0.25, 0.3) is 22.5 Å². The zero-order valence-electron chi connectivity index (χ0n) is 14.2. The molecule has 3 aromatic rings. The highest BCUT2D eigenvalue weighted by molar-refractivity contribution is 5.82. The highest BCUT2D eigenvalue weighted by atomic mass is 19.1. The third kappa shape index (κ3) is 2.79. The Hall–Kier alpha value is -3.29. The molecule has 2 N–H and O–H groups in total. The molecule has 1 aromatic carbocycles. The zero-order valence-corrected chi connectivity index (χ0v) is 14.2. The van der Waals surface area contributed by atoms with E-state index in [4.69, 9.17) is 10.8 Å². The Labute approximate surface area is 149 Å². The molecule has 1 amide bonds. The van der Waals surface area contributed by atoms with Gasteiger partial charge in [-0.2, -0.15) is 5.10 Å². The summed E-state index contributed by atoms with van der Waals surface area (Å²) in [6, 6.07) is 7.83. The summed E-state index contributed by atoms with van der Waals surface area (Å²) in [5, 5.41) is 4.71. The van der Waals surface area contributed by atoms with Crippen molar-refractivity contribution in [3.63, 3.8) is 0 Å². The molecule has 0 radical (unpaired) electrons. The quantitative estimate of drug-likeness (QED) is 0.763. The highest BCUT2D eigenvalue weighted by Gasteiger charge is 2.27. The van der Waals surface area contributed by atoms with Gasteiger partial charge in [-0.25, -0.2) is 14.4 Å². The van der Waals surface area contributed by atoms with Crippen molar-refractivity contribution in [1.82, 2.24) is 24.6 Å². The van der Waals surface area contributed by atoms with Crippen molar-refractivity contribution in [2.45, 2.75) is 20.0 Å². The lowest BCUT2D eigenvalue weighted by molar-refractivity contribution is -0.130. The van der Waals surface area contributed by atoms with Gasteiger partial charge in [-0.3, -0.25) is 9.48 Å². The molecule has 4 rings (SSSR count). The van der Waals surface area contributed by atoms with Gasteiger partial charge < -0.3 is 10.6 Å². The van der Waals surface area contributed by atoms with Gasteiger partial charge >= 0.3 is 0 Å². The molecule has 1 aliphatic rings. The number of anilines is 1. The number of nitrogen functional groups attached to an aromatic ring is 1. The van der Waals surface area contributed by atoms with Gasteiger partial charge in [-0.15, -0.1) is 0 Å². The van der Waals surface area contributed by atoms with Crippen molar-refractivity contribution in [1.29, 1.82) is 0 Å². The zero-order chi connectivity index (χ0) is 18.3. The van der Waals surface area contributed by atoms with Crippen LogP contribution < -0.4 is 5.73 Å². The molecule has 0 unspecified atom stereocenters. The maximum Gasteiger partial charge on any atom is 0.219 e. The summed E-state index contributed by atoms with van der Waals surface area (Å²) in [7, 11) is 0. The third-order valence-electron chi connectivity index (χ3n) is 4.49. The van der Waals surface area contributed by atoms with Crippen LogP contribution in [0.15, 0.2) is 36.7 Å². The Morgan fingerprint density at radius 1 is 1.19 bits per heavy atom. The fourth-order valence-electron chi connectivity index (χ4n) is 3.17. The van der Waals surface area contributed by atoms with Gasteiger partial charge in [0.05, 0.1) is 30.0 Å². The minimum Gasteiger partial charge on any atom is -0.384 e. The summed E-state index contributed by atoms with van der Waals surface area (Å²) in [6.07, 6.45) is 1.40. The first kappa shape index (κ1) is 16.2. The van der Waals surface area contributed by atoms with E-state index in [-0.39, 0.29) is 11.7 Å². The van der Waals surface area contributed by atoms with E-state index in [0.717, 1.165) is 16.8 Å². The van der Waals surface area contributed by atoms with Gasteiger partial charge in [0.2, 0.25) is 5.91 Å². The van der Waals surface area contributed by atoms with E-state index in [1.54, 1.807) is 30.0 Å². The maximum absolute atomic E-state index is 13.3. The van der Waals surface area contributed by atoms with E-state index >= 15 is 0 Å². The van der Waals surface area contributed by atoms with Crippen molar-refractivity contribution < 1.29 is 9.18 Å². The Bertz CT molecular complexity index is 982. The number of halogens is 1. The molecule has 2 aromatic heterocycles. The van der Waals surface area contributed by atoms with Gasteiger partial charge in [0.25, 0.3) is 0 Å². The number of nitrogens with zero attached hydrogens (tertiary/aromatic N) is 5. The minimum atomic E-state index is -0.312. The maximum atomic E-state index is 13.3. The van der Waals surface area contributed by atoms with Crippen molar-refractivity contribution >= 4 is 11.7 Å². The molecule has 26 heavy (non-hydrogen) atoms. The summed E-state index contributed by atoms with van der Waals surface area (Å²) >= 11 is 0. The second kappa shape index (κ2) is 6.21. The number of aromatic nitrogens is 4. The normalized spacial score (nSPS) is 13.5. The summed E-state index contributed by atoms with van der Waals surface area (Å²) in [5.74, 6) is 0.0430. The lowest BCUT2D eigenvalue weighted by Gasteiger charge is -2.27. The van der Waals surface area contributed by atoms with Gasteiger partial charge in [-0.05, 0) is 24.3 Å². The molecule has 0 atom stereocenters. The van der Waals surface area contributed by atoms with E-state index in [1.807, 2.05) is 4.68 Å². The van der Waals surface area contributed by atoms with Crippen LogP contribution in [0.1, 0.15) is 12.6 Å². The van der Waals surface area contributed by atoms with E-state index in [0.29, 0.717) is 36.8 Å². The number of carbonyl (C=O) groups excluding carboxylic acids is 1. The summed E-state index contributed by atoms with van der Waals surface area (Å²) in [4.78, 5) is 21.9. The van der Waals surface area contributed by atoms with Crippen LogP contribution in [0.3, 0.4) is 0 Å². The molecule has 0 spiro atoms. The number of rotatable bonds is 2. The molecule has 8 heteroatoms. The summed E-state index contributed by atoms with van der Waals surface area (Å²) in [6.45, 7) is 3.17. The standard InChI is InChI=1S/C18H17FN6O/c1-11(26)24-6-7-25-15(9-24)17(14-8-16(20)22-10-21-14)18(23-25)12-2-4-13(19)5-3-12/h2-5,8,10H,6-7,9H2,1H3,(H2,20,21,22). The summed E-state index contributed by atoms with van der Waals surface area (Å²) in [5.41, 5.74) is 9.58. The Morgan fingerprint density at radius 2 is 1.96 bits per heavy atom. The predicted octanol–water partition coefficient (Wildman–Crippen LogP) is 2.09. The number of amides is 1. The van der Waals surface area contributed by atoms with E-state index < -0.39 is 0 Å². The molecule has 0 bridgehead atoms. The predicted molar refractivity (Wildman–Crippen MR) is 94.2 cm³/mol. The van der Waals surface area contributed by atoms with Crippen molar-refractivity contribution in [2.24, 2.45) is 0 Å². The number of fused-ring (bicyclic) bond motifs is 1. The molecule has 0 fully saturated rings. The smallest absolute Gasteiger partial charge is 0.219 e. The molecular weight excluding hydrogens is 335 g/mol. The minimum absolute atomic E-state index is 0.00827. The van der Waals surface area contributed by atoms with E-state index in [2.05, 4.69) is 9.97 Å². The van der Waals surface area contributed by atoms with Crippen LogP contribution in [0, 0.1) is 5.82 Å². The lowest BCUT2D eigenvalue weighted by Crippen LogP contribution is -2.37. The molecule has 132 valence electrons. The molecule has 3 heterocycles. The van der Waals surface area contributed by atoms with Crippen molar-refractivity contribution in [3.8, 4) is 22.5 Å². The fourth-order valence-corrected chi connectivity index (χ4v) is 3.17. The number of carbonyl (C=O) groups is 1. The van der Waals surface area contributed by atoms with Gasteiger partial charge in [0, 0.05) is 25.1 Å². The fraction of sp³-hybridized carbons (Fsp3) is 0.222. The molecule has 7 nitrogen and oxygen atoms in total. The lowest BCUT2D eigenvalue weighted by atomic mass is 10.0. The number of hydrogen-bond acceptors (Lipinski definition) is 5. The van der Waals surface area contributed by atoms with Gasteiger partial charge in [-0.1, -0.05) is 0 Å². The number of hydrogen-bond donors (Lipinski definition) is 1. The first-order valence-corrected chi connectivity index (χ1v) is 8.22. The second-order valence-corrected chi connectivity index (χ2v) is 6.17. The average molecular weight is 352 g/mol. The van der Waals surface area contributed by atoms with Crippen LogP contribution in [-0.4, -0.2) is 37.1 Å². The Kier molecular flexibility index (Phi) is 3.87. The van der Waals surface area contributed by atoms with Crippen molar-refractivity contribution in [2.75, 3.05) is 12.3 Å². The molecule has 0 saturated heterocycles. The van der Waals surface area contributed by atoms with Gasteiger partial charge in [0.1, 0.15) is 23.7 Å². The van der Waals surface area contributed by atoms with E-state index in [1.165, 1.54) is 18.5 Å². The monoisotopic (exact) mass is 352 g/mol. The Morgan fingerprint density at radius 3 is 2.65 bits per heavy atom. The summed E-state index contributed by atoms with van der Waals surface area (Å²) < 4.78 is 15.2. The molecular formula is C18H17FN6O. The first-order chi connectivity index (χ1) is 12.5. The topological polar surface area (TPSA) is 89.9 Å². The van der Waals surface area contributed by atoms with Gasteiger partial charge in [0.15, 0.2) is 0 Å². The third-order valence-corrected chi connectivity index (χ3v) is 4.49. The Balaban J connectivity index is 1.92. The average Bonchev–Trinajstić information content (AvgIpc) is 3.00. The first-order valence-electron chi connectivity index (χ1n) is 8.22. The van der Waals surface area contributed by atoms with Crippen LogP contribution in [0.2, 0.25) is 0 Å². The highest BCUT2D eigenvalue weighted by Crippen LogP contribution is 2.35. The molecule has 0 saturated carbocycles. The number of benzene rings is 1. The molecule has 0 aliphatic carbocycles. The van der Waals surface area contributed by atoms with Crippen LogP contribution in [0.5, 0.6) is 0 Å². The van der Waals surface area contributed by atoms with Crippen LogP contribution >= 0.6 is 0 Å². The second-order valence-electron chi connectivity index (χ2n) is 6.17. The number of nitrogens with two attached hydrogens (primary N) is 1. The van der Waals surface area contributed by atoms with Crippen LogP contribution in [-0.2, 0) is 17.9 Å². The van der Waals surface area contributed by atoms with Crippen LogP contribution in [0.4, 0.5) is 10.2 Å².